The molecule has 0 aliphatic carbocycles. The zero-order valence-corrected chi connectivity index (χ0v) is 16.1. The zero-order valence-electron chi connectivity index (χ0n) is 15.3. The fourth-order valence-electron chi connectivity index (χ4n) is 2.62. The summed E-state index contributed by atoms with van der Waals surface area (Å²) in [5.41, 5.74) is 2.34. The lowest BCUT2D eigenvalue weighted by Crippen LogP contribution is -2.10. The monoisotopic (exact) mass is 373 g/mol. The van der Waals surface area contributed by atoms with Crippen molar-refractivity contribution in [1.29, 1.82) is 0 Å². The molecular weight excluding hydrogens is 352 g/mol. The van der Waals surface area contributed by atoms with Crippen LogP contribution in [0, 0.1) is 11.6 Å². The van der Waals surface area contributed by atoms with Gasteiger partial charge in [0.1, 0.15) is 11.6 Å². The molecule has 0 N–H and O–H groups in total. The second-order valence-corrected chi connectivity index (χ2v) is 8.12. The van der Waals surface area contributed by atoms with E-state index in [-0.39, 0.29) is 16.7 Å². The van der Waals surface area contributed by atoms with E-state index in [0.29, 0.717) is 5.16 Å². The molecule has 3 nitrogen and oxygen atoms in total. The molecule has 0 spiro atoms. The molecule has 0 saturated heterocycles. The number of aromatic nitrogens is 3. The number of hydrogen-bond donors (Lipinski definition) is 0. The molecule has 0 aliphatic rings. The van der Waals surface area contributed by atoms with E-state index in [9.17, 15) is 8.78 Å². The average molecular weight is 373 g/mol. The summed E-state index contributed by atoms with van der Waals surface area (Å²) in [6, 6.07) is 12.1. The van der Waals surface area contributed by atoms with Crippen molar-refractivity contribution in [1.82, 2.24) is 14.8 Å². The van der Waals surface area contributed by atoms with Crippen LogP contribution >= 0.6 is 11.8 Å². The van der Waals surface area contributed by atoms with Crippen molar-refractivity contribution in [2.24, 2.45) is 7.05 Å². The van der Waals surface area contributed by atoms with Crippen molar-refractivity contribution in [3.05, 3.63) is 65.2 Å². The van der Waals surface area contributed by atoms with Crippen LogP contribution in [0.25, 0.3) is 11.4 Å². The quantitative estimate of drug-likeness (QED) is 0.578. The van der Waals surface area contributed by atoms with Gasteiger partial charge >= 0.3 is 0 Å². The van der Waals surface area contributed by atoms with Crippen molar-refractivity contribution < 1.29 is 8.78 Å². The summed E-state index contributed by atoms with van der Waals surface area (Å²) in [6.07, 6.45) is 0. The second-order valence-electron chi connectivity index (χ2n) is 7.18. The molecule has 1 aromatic heterocycles. The van der Waals surface area contributed by atoms with E-state index >= 15 is 0 Å². The summed E-state index contributed by atoms with van der Waals surface area (Å²) in [7, 11) is 1.85. The molecule has 0 amide bonds. The predicted molar refractivity (Wildman–Crippen MR) is 101 cm³/mol. The zero-order chi connectivity index (χ0) is 18.9. The third-order valence-electron chi connectivity index (χ3n) is 4.25. The standard InChI is InChI=1S/C20H21F2N3S/c1-20(2,3)14-10-8-13(9-11-14)18-23-24-19(25(18)4)26-12-15-16(21)6-5-7-17(15)22/h5-11H,12H2,1-4H3. The van der Waals surface area contributed by atoms with Gasteiger partial charge in [0.15, 0.2) is 11.0 Å². The van der Waals surface area contributed by atoms with Gasteiger partial charge in [-0.1, -0.05) is 62.9 Å². The van der Waals surface area contributed by atoms with Gasteiger partial charge in [0.25, 0.3) is 0 Å². The summed E-state index contributed by atoms with van der Waals surface area (Å²) in [5.74, 6) is -0.203. The van der Waals surface area contributed by atoms with Crippen molar-refractivity contribution in [2.75, 3.05) is 0 Å². The summed E-state index contributed by atoms with van der Waals surface area (Å²) < 4.78 is 29.4. The highest BCUT2D eigenvalue weighted by Gasteiger charge is 2.16. The minimum absolute atomic E-state index is 0.0524. The lowest BCUT2D eigenvalue weighted by Gasteiger charge is -2.19. The highest BCUT2D eigenvalue weighted by molar-refractivity contribution is 7.98. The fraction of sp³-hybridized carbons (Fsp3) is 0.300. The Morgan fingerprint density at radius 2 is 1.58 bits per heavy atom. The maximum atomic E-state index is 13.8. The normalized spacial score (nSPS) is 11.8. The number of rotatable bonds is 4. The van der Waals surface area contributed by atoms with E-state index in [2.05, 4.69) is 43.1 Å². The number of halogens is 2. The first-order valence-electron chi connectivity index (χ1n) is 8.33. The van der Waals surface area contributed by atoms with Gasteiger partial charge in [-0.05, 0) is 23.1 Å². The Morgan fingerprint density at radius 3 is 2.15 bits per heavy atom. The van der Waals surface area contributed by atoms with E-state index in [1.807, 2.05) is 23.7 Å². The minimum atomic E-state index is -0.544. The third kappa shape index (κ3) is 3.80. The third-order valence-corrected chi connectivity index (χ3v) is 5.30. The SMILES string of the molecule is Cn1c(SCc2c(F)cccc2F)nnc1-c1ccc(C(C)(C)C)cc1. The molecule has 136 valence electrons. The molecule has 0 fully saturated rings. The molecule has 2 aromatic carbocycles. The lowest BCUT2D eigenvalue weighted by molar-refractivity contribution is 0.566. The van der Waals surface area contributed by atoms with E-state index in [4.69, 9.17) is 0 Å². The van der Waals surface area contributed by atoms with Crippen LogP contribution in [-0.2, 0) is 18.2 Å². The Morgan fingerprint density at radius 1 is 0.962 bits per heavy atom. The van der Waals surface area contributed by atoms with E-state index in [0.717, 1.165) is 11.4 Å². The van der Waals surface area contributed by atoms with Gasteiger partial charge in [-0.25, -0.2) is 8.78 Å². The maximum absolute atomic E-state index is 13.8. The van der Waals surface area contributed by atoms with Crippen molar-refractivity contribution in [2.45, 2.75) is 37.1 Å². The van der Waals surface area contributed by atoms with Crippen molar-refractivity contribution >= 4 is 11.8 Å². The first-order valence-corrected chi connectivity index (χ1v) is 9.32. The van der Waals surface area contributed by atoms with Crippen LogP contribution in [0.3, 0.4) is 0 Å². The topological polar surface area (TPSA) is 30.7 Å². The Hall–Kier alpha value is -2.21. The number of hydrogen-bond acceptors (Lipinski definition) is 3. The first kappa shape index (κ1) is 18.6. The number of nitrogens with zero attached hydrogens (tertiary/aromatic N) is 3. The van der Waals surface area contributed by atoms with Gasteiger partial charge in [0.05, 0.1) is 0 Å². The highest BCUT2D eigenvalue weighted by atomic mass is 32.2. The minimum Gasteiger partial charge on any atom is -0.305 e. The largest absolute Gasteiger partial charge is 0.305 e. The molecule has 0 bridgehead atoms. The van der Waals surface area contributed by atoms with Crippen molar-refractivity contribution in [3.63, 3.8) is 0 Å². The van der Waals surface area contributed by atoms with Crippen LogP contribution < -0.4 is 0 Å². The first-order chi connectivity index (χ1) is 12.3. The van der Waals surface area contributed by atoms with Crippen LogP contribution in [0.1, 0.15) is 31.9 Å². The molecule has 0 saturated carbocycles. The Balaban J connectivity index is 1.80. The smallest absolute Gasteiger partial charge is 0.191 e. The molecule has 26 heavy (non-hydrogen) atoms. The number of benzene rings is 2. The Kier molecular flexibility index (Phi) is 5.14. The molecule has 3 aromatic rings. The summed E-state index contributed by atoms with van der Waals surface area (Å²) in [6.45, 7) is 6.50. The molecule has 0 atom stereocenters. The fourth-order valence-corrected chi connectivity index (χ4v) is 3.55. The van der Waals surface area contributed by atoms with E-state index in [1.165, 1.54) is 35.5 Å². The molecule has 0 aliphatic heterocycles. The van der Waals surface area contributed by atoms with Gasteiger partial charge in [0, 0.05) is 23.9 Å². The van der Waals surface area contributed by atoms with Crippen molar-refractivity contribution in [3.8, 4) is 11.4 Å². The Labute approximate surface area is 156 Å². The molecule has 0 radical (unpaired) electrons. The lowest BCUT2D eigenvalue weighted by atomic mass is 9.87. The van der Waals surface area contributed by atoms with Gasteiger partial charge in [-0.15, -0.1) is 10.2 Å². The van der Waals surface area contributed by atoms with Gasteiger partial charge in [-0.2, -0.15) is 0 Å². The van der Waals surface area contributed by atoms with Crippen LogP contribution in [-0.4, -0.2) is 14.8 Å². The van der Waals surface area contributed by atoms with Crippen LogP contribution in [0.4, 0.5) is 8.78 Å². The molecule has 1 heterocycles. The molecule has 0 unspecified atom stereocenters. The summed E-state index contributed by atoms with van der Waals surface area (Å²) in [4.78, 5) is 0. The highest BCUT2D eigenvalue weighted by Crippen LogP contribution is 2.29. The number of thioether (sulfide) groups is 1. The predicted octanol–water partition coefficient (Wildman–Crippen LogP) is 5.35. The second kappa shape index (κ2) is 7.19. The maximum Gasteiger partial charge on any atom is 0.191 e. The van der Waals surface area contributed by atoms with E-state index in [1.54, 1.807) is 0 Å². The van der Waals surface area contributed by atoms with E-state index < -0.39 is 11.6 Å². The van der Waals surface area contributed by atoms with Gasteiger partial charge in [0.2, 0.25) is 0 Å². The Bertz CT molecular complexity index is 892. The molecule has 3 rings (SSSR count). The van der Waals surface area contributed by atoms with Crippen LogP contribution in [0.2, 0.25) is 0 Å². The van der Waals surface area contributed by atoms with Crippen LogP contribution in [0.5, 0.6) is 0 Å². The van der Waals surface area contributed by atoms with Gasteiger partial charge < -0.3 is 4.57 Å². The summed E-state index contributed by atoms with van der Waals surface area (Å²) in [5, 5.41) is 9.02. The molecule has 6 heteroatoms. The average Bonchev–Trinajstić information content (AvgIpc) is 2.95. The summed E-state index contributed by atoms with van der Waals surface area (Å²) >= 11 is 1.26. The van der Waals surface area contributed by atoms with Gasteiger partial charge in [-0.3, -0.25) is 0 Å². The van der Waals surface area contributed by atoms with Crippen LogP contribution in [0.15, 0.2) is 47.6 Å². The molecular formula is C20H21F2N3S.